The molecule has 0 spiro atoms. The highest BCUT2D eigenvalue weighted by atomic mass is 19.4. The number of hydrogen-bond donors (Lipinski definition) is 2. The molecule has 0 saturated carbocycles. The number of hydrogen-bond acceptors (Lipinski definition) is 3. The molecule has 0 aromatic rings. The van der Waals surface area contributed by atoms with Crippen LogP contribution >= 0.6 is 0 Å². The summed E-state index contributed by atoms with van der Waals surface area (Å²) in [4.78, 5) is 13.5. The lowest BCUT2D eigenvalue weighted by Crippen LogP contribution is -2.44. The van der Waals surface area contributed by atoms with E-state index in [9.17, 15) is 18.0 Å². The zero-order chi connectivity index (χ0) is 15.0. The number of carbonyl (C=O) groups is 1. The van der Waals surface area contributed by atoms with Gasteiger partial charge in [0.2, 0.25) is 5.91 Å². The minimum absolute atomic E-state index is 0.0421. The second kappa shape index (κ2) is 8.46. The third-order valence-electron chi connectivity index (χ3n) is 3.31. The Morgan fingerprint density at radius 1 is 1.45 bits per heavy atom. The van der Waals surface area contributed by atoms with Gasteiger partial charge in [0.1, 0.15) is 6.54 Å². The molecular weight excluding hydrogens is 271 g/mol. The Kier molecular flexibility index (Phi) is 7.29. The van der Waals surface area contributed by atoms with Crippen LogP contribution < -0.4 is 10.6 Å². The van der Waals surface area contributed by atoms with E-state index < -0.39 is 18.6 Å². The summed E-state index contributed by atoms with van der Waals surface area (Å²) in [6, 6.07) is 0. The van der Waals surface area contributed by atoms with E-state index in [1.165, 1.54) is 0 Å². The number of rotatable bonds is 7. The summed E-state index contributed by atoms with van der Waals surface area (Å²) in [6.45, 7) is 4.23. The van der Waals surface area contributed by atoms with Crippen molar-refractivity contribution >= 4 is 5.91 Å². The molecule has 7 heteroatoms. The zero-order valence-corrected chi connectivity index (χ0v) is 11.9. The average molecular weight is 295 g/mol. The van der Waals surface area contributed by atoms with Gasteiger partial charge in [-0.25, -0.2) is 0 Å². The predicted molar refractivity (Wildman–Crippen MR) is 71.4 cm³/mol. The molecule has 1 heterocycles. The van der Waals surface area contributed by atoms with Crippen LogP contribution in [0.3, 0.4) is 0 Å². The number of carbonyl (C=O) groups excluding carboxylic acids is 1. The van der Waals surface area contributed by atoms with E-state index in [0.717, 1.165) is 45.4 Å². The van der Waals surface area contributed by atoms with Gasteiger partial charge in [0, 0.05) is 6.54 Å². The molecule has 0 aromatic carbocycles. The van der Waals surface area contributed by atoms with E-state index in [2.05, 4.69) is 5.32 Å². The summed E-state index contributed by atoms with van der Waals surface area (Å²) < 4.78 is 36.1. The summed E-state index contributed by atoms with van der Waals surface area (Å²) in [7, 11) is 0. The van der Waals surface area contributed by atoms with Crippen molar-refractivity contribution in [3.8, 4) is 0 Å². The maximum Gasteiger partial charge on any atom is 0.405 e. The fourth-order valence-electron chi connectivity index (χ4n) is 2.45. The molecule has 4 nitrogen and oxygen atoms in total. The van der Waals surface area contributed by atoms with Crippen molar-refractivity contribution in [2.45, 2.75) is 32.4 Å². The van der Waals surface area contributed by atoms with Crippen molar-refractivity contribution in [3.63, 3.8) is 0 Å². The van der Waals surface area contributed by atoms with E-state index in [4.69, 9.17) is 0 Å². The Bertz CT molecular complexity index is 291. The summed E-state index contributed by atoms with van der Waals surface area (Å²) in [5.41, 5.74) is 0. The minimum atomic E-state index is -4.35. The molecule has 1 aliphatic heterocycles. The molecule has 0 radical (unpaired) electrons. The van der Waals surface area contributed by atoms with Crippen LogP contribution in [0.15, 0.2) is 0 Å². The topological polar surface area (TPSA) is 44.4 Å². The molecule has 1 fully saturated rings. The van der Waals surface area contributed by atoms with Gasteiger partial charge in [-0.15, -0.1) is 0 Å². The van der Waals surface area contributed by atoms with E-state index >= 15 is 0 Å². The lowest BCUT2D eigenvalue weighted by atomic mass is 9.99. The van der Waals surface area contributed by atoms with Crippen LogP contribution in [0.1, 0.15) is 26.2 Å². The molecule has 1 amide bonds. The molecule has 1 saturated heterocycles. The quantitative estimate of drug-likeness (QED) is 0.746. The third-order valence-corrected chi connectivity index (χ3v) is 3.31. The van der Waals surface area contributed by atoms with Crippen molar-refractivity contribution in [3.05, 3.63) is 0 Å². The number of alkyl halides is 3. The lowest BCUT2D eigenvalue weighted by Gasteiger charge is -2.29. The van der Waals surface area contributed by atoms with Gasteiger partial charge >= 0.3 is 6.18 Å². The SMILES string of the molecule is CCCN(CC(=O)NCC(F)(F)F)CC1CCCNC1. The Morgan fingerprint density at radius 3 is 2.75 bits per heavy atom. The van der Waals surface area contributed by atoms with E-state index in [1.807, 2.05) is 17.1 Å². The van der Waals surface area contributed by atoms with E-state index in [0.29, 0.717) is 5.92 Å². The van der Waals surface area contributed by atoms with Crippen LogP contribution in [0.2, 0.25) is 0 Å². The third kappa shape index (κ3) is 7.69. The minimum Gasteiger partial charge on any atom is -0.346 e. The fourth-order valence-corrected chi connectivity index (χ4v) is 2.45. The van der Waals surface area contributed by atoms with Crippen LogP contribution in [-0.4, -0.2) is 56.3 Å². The first-order chi connectivity index (χ1) is 9.40. The standard InChI is InChI=1S/C13H24F3N3O/c1-2-6-19(8-11-4-3-5-17-7-11)9-12(20)18-10-13(14,15)16/h11,17H,2-10H2,1H3,(H,18,20). The molecule has 20 heavy (non-hydrogen) atoms. The molecule has 1 rings (SSSR count). The Labute approximate surface area is 118 Å². The maximum atomic E-state index is 12.0. The van der Waals surface area contributed by atoms with Crippen LogP contribution in [-0.2, 0) is 4.79 Å². The molecule has 1 atom stereocenters. The molecular formula is C13H24F3N3O. The van der Waals surface area contributed by atoms with Crippen LogP contribution in [0.4, 0.5) is 13.2 Å². The molecule has 2 N–H and O–H groups in total. The van der Waals surface area contributed by atoms with Crippen LogP contribution in [0.25, 0.3) is 0 Å². The van der Waals surface area contributed by atoms with Gasteiger partial charge in [-0.2, -0.15) is 13.2 Å². The molecule has 118 valence electrons. The summed E-state index contributed by atoms with van der Waals surface area (Å²) in [6.07, 6.45) is -1.24. The van der Waals surface area contributed by atoms with Crippen molar-refractivity contribution in [2.75, 3.05) is 39.3 Å². The van der Waals surface area contributed by atoms with Crippen LogP contribution in [0.5, 0.6) is 0 Å². The number of amides is 1. The number of halogens is 3. The van der Waals surface area contributed by atoms with Crippen molar-refractivity contribution in [1.82, 2.24) is 15.5 Å². The Balaban J connectivity index is 2.34. The van der Waals surface area contributed by atoms with Gasteiger partial charge in [0.15, 0.2) is 0 Å². The number of piperidine rings is 1. The lowest BCUT2D eigenvalue weighted by molar-refractivity contribution is -0.139. The Morgan fingerprint density at radius 2 is 2.20 bits per heavy atom. The molecule has 1 unspecified atom stereocenters. The second-order valence-corrected chi connectivity index (χ2v) is 5.34. The Hall–Kier alpha value is -0.820. The number of nitrogens with one attached hydrogen (secondary N) is 2. The van der Waals surface area contributed by atoms with Gasteiger partial charge in [0.05, 0.1) is 6.54 Å². The largest absolute Gasteiger partial charge is 0.405 e. The summed E-state index contributed by atoms with van der Waals surface area (Å²) in [5, 5.41) is 5.23. The van der Waals surface area contributed by atoms with E-state index in [1.54, 1.807) is 0 Å². The monoisotopic (exact) mass is 295 g/mol. The van der Waals surface area contributed by atoms with Gasteiger partial charge in [0.25, 0.3) is 0 Å². The normalized spacial score (nSPS) is 20.1. The first-order valence-electron chi connectivity index (χ1n) is 7.17. The van der Waals surface area contributed by atoms with Gasteiger partial charge in [-0.05, 0) is 44.8 Å². The number of nitrogens with zero attached hydrogens (tertiary/aromatic N) is 1. The highest BCUT2D eigenvalue weighted by Gasteiger charge is 2.28. The summed E-state index contributed by atoms with van der Waals surface area (Å²) >= 11 is 0. The van der Waals surface area contributed by atoms with Crippen molar-refractivity contribution in [1.29, 1.82) is 0 Å². The molecule has 0 aliphatic carbocycles. The maximum absolute atomic E-state index is 12.0. The van der Waals surface area contributed by atoms with Crippen LogP contribution in [0, 0.1) is 5.92 Å². The second-order valence-electron chi connectivity index (χ2n) is 5.34. The van der Waals surface area contributed by atoms with Gasteiger partial charge < -0.3 is 10.6 Å². The highest BCUT2D eigenvalue weighted by Crippen LogP contribution is 2.13. The first-order valence-corrected chi connectivity index (χ1v) is 7.17. The van der Waals surface area contributed by atoms with Gasteiger partial charge in [-0.3, -0.25) is 9.69 Å². The van der Waals surface area contributed by atoms with Crippen molar-refractivity contribution in [2.24, 2.45) is 5.92 Å². The average Bonchev–Trinajstić information content (AvgIpc) is 2.37. The fraction of sp³-hybridized carbons (Fsp3) is 0.923. The zero-order valence-electron chi connectivity index (χ0n) is 11.9. The van der Waals surface area contributed by atoms with Gasteiger partial charge in [-0.1, -0.05) is 6.92 Å². The molecule has 0 bridgehead atoms. The smallest absolute Gasteiger partial charge is 0.346 e. The molecule has 1 aliphatic rings. The molecule has 0 aromatic heterocycles. The first kappa shape index (κ1) is 17.2. The summed E-state index contributed by atoms with van der Waals surface area (Å²) in [5.74, 6) is -0.0785. The highest BCUT2D eigenvalue weighted by molar-refractivity contribution is 5.78. The predicted octanol–water partition coefficient (Wildman–Crippen LogP) is 1.38. The van der Waals surface area contributed by atoms with Crippen molar-refractivity contribution < 1.29 is 18.0 Å². The van der Waals surface area contributed by atoms with E-state index in [-0.39, 0.29) is 6.54 Å².